The first-order valence-corrected chi connectivity index (χ1v) is 16.9. The SMILES string of the molecule is c1ccc(-c2nc(-c3ccccc3)nc(-c3ccc4c(c3)oc3ccc5c6ccc(-n7c8ccccc8c8ccccc87)cc6oc5c34)n2)cc1. The van der Waals surface area contributed by atoms with Crippen LogP contribution in [0.15, 0.2) is 167 Å². The van der Waals surface area contributed by atoms with E-state index in [1.807, 2.05) is 72.8 Å². The van der Waals surface area contributed by atoms with Crippen LogP contribution in [0.5, 0.6) is 0 Å². The smallest absolute Gasteiger partial charge is 0.164 e. The van der Waals surface area contributed by atoms with Crippen LogP contribution in [0.3, 0.4) is 0 Å². The quantitative estimate of drug-likeness (QED) is 0.189. The highest BCUT2D eigenvalue weighted by Gasteiger charge is 2.19. The minimum atomic E-state index is 0.580. The molecule has 11 aromatic rings. The molecule has 6 nitrogen and oxygen atoms in total. The number of furan rings is 2. The van der Waals surface area contributed by atoms with E-state index in [0.717, 1.165) is 77.3 Å². The summed E-state index contributed by atoms with van der Waals surface area (Å²) in [5, 5.41) is 6.50. The fourth-order valence-corrected chi connectivity index (χ4v) is 7.50. The number of hydrogen-bond acceptors (Lipinski definition) is 5. The molecule has 6 heteroatoms. The van der Waals surface area contributed by atoms with Crippen molar-refractivity contribution >= 4 is 65.7 Å². The maximum atomic E-state index is 6.73. The van der Waals surface area contributed by atoms with E-state index < -0.39 is 0 Å². The molecule has 0 aliphatic rings. The molecule has 0 N–H and O–H groups in total. The molecular weight excluding hydrogens is 629 g/mol. The number of nitrogens with zero attached hydrogens (tertiary/aromatic N) is 4. The Morgan fingerprint density at radius 1 is 0.373 bits per heavy atom. The Morgan fingerprint density at radius 3 is 1.59 bits per heavy atom. The van der Waals surface area contributed by atoms with Gasteiger partial charge in [-0.05, 0) is 48.5 Å². The maximum absolute atomic E-state index is 6.73. The molecule has 0 saturated heterocycles. The molecule has 0 spiro atoms. The Balaban J connectivity index is 1.07. The predicted molar refractivity (Wildman–Crippen MR) is 205 cm³/mol. The van der Waals surface area contributed by atoms with Crippen LogP contribution in [0.25, 0.3) is 106 Å². The molecule has 0 bridgehead atoms. The molecule has 11 rings (SSSR count). The van der Waals surface area contributed by atoms with Crippen molar-refractivity contribution in [1.82, 2.24) is 19.5 Å². The number of fused-ring (bicyclic) bond motifs is 10. The Morgan fingerprint density at radius 2 is 0.922 bits per heavy atom. The fourth-order valence-electron chi connectivity index (χ4n) is 7.50. The van der Waals surface area contributed by atoms with E-state index in [1.165, 1.54) is 10.8 Å². The summed E-state index contributed by atoms with van der Waals surface area (Å²) in [6.45, 7) is 0. The molecule has 4 aromatic heterocycles. The highest BCUT2D eigenvalue weighted by Crippen LogP contribution is 2.41. The molecule has 0 saturated carbocycles. The van der Waals surface area contributed by atoms with Gasteiger partial charge in [0, 0.05) is 55.4 Å². The van der Waals surface area contributed by atoms with Crippen molar-refractivity contribution in [2.75, 3.05) is 0 Å². The molecule has 4 heterocycles. The van der Waals surface area contributed by atoms with Gasteiger partial charge in [0.1, 0.15) is 22.3 Å². The average Bonchev–Trinajstić information content (AvgIpc) is 3.87. The van der Waals surface area contributed by atoms with Gasteiger partial charge in [-0.2, -0.15) is 0 Å². The molecular formula is C45H26N4O2. The van der Waals surface area contributed by atoms with Crippen molar-refractivity contribution in [2.24, 2.45) is 0 Å². The van der Waals surface area contributed by atoms with Gasteiger partial charge >= 0.3 is 0 Å². The van der Waals surface area contributed by atoms with Gasteiger partial charge in [-0.25, -0.2) is 15.0 Å². The second-order valence-electron chi connectivity index (χ2n) is 12.8. The topological polar surface area (TPSA) is 69.9 Å². The third-order valence-electron chi connectivity index (χ3n) is 9.85. The summed E-state index contributed by atoms with van der Waals surface area (Å²) in [4.78, 5) is 14.7. The fraction of sp³-hybridized carbons (Fsp3) is 0. The van der Waals surface area contributed by atoms with E-state index in [0.29, 0.717) is 17.5 Å². The first-order valence-electron chi connectivity index (χ1n) is 16.9. The number of rotatable bonds is 4. The molecule has 0 aliphatic carbocycles. The van der Waals surface area contributed by atoms with Crippen molar-refractivity contribution < 1.29 is 8.83 Å². The number of hydrogen-bond donors (Lipinski definition) is 0. The third kappa shape index (κ3) is 4.26. The Labute approximate surface area is 290 Å². The van der Waals surface area contributed by atoms with Gasteiger partial charge in [-0.3, -0.25) is 0 Å². The predicted octanol–water partition coefficient (Wildman–Crippen LogP) is 11.8. The monoisotopic (exact) mass is 654 g/mol. The molecule has 0 aliphatic heterocycles. The molecule has 0 fully saturated rings. The first kappa shape index (κ1) is 27.9. The van der Waals surface area contributed by atoms with Gasteiger partial charge in [0.2, 0.25) is 0 Å². The van der Waals surface area contributed by atoms with Gasteiger partial charge in [-0.1, -0.05) is 103 Å². The zero-order chi connectivity index (χ0) is 33.5. The maximum Gasteiger partial charge on any atom is 0.164 e. The summed E-state index contributed by atoms with van der Waals surface area (Å²) < 4.78 is 15.5. The van der Waals surface area contributed by atoms with Crippen LogP contribution >= 0.6 is 0 Å². The summed E-state index contributed by atoms with van der Waals surface area (Å²) in [5.41, 5.74) is 9.23. The number of aromatic nitrogens is 4. The molecule has 238 valence electrons. The molecule has 0 amide bonds. The van der Waals surface area contributed by atoms with Crippen molar-refractivity contribution in [1.29, 1.82) is 0 Å². The Hall–Kier alpha value is -7.05. The van der Waals surface area contributed by atoms with Gasteiger partial charge in [0.05, 0.1) is 16.4 Å². The highest BCUT2D eigenvalue weighted by molar-refractivity contribution is 6.22. The van der Waals surface area contributed by atoms with E-state index in [-0.39, 0.29) is 0 Å². The van der Waals surface area contributed by atoms with Gasteiger partial charge in [-0.15, -0.1) is 0 Å². The van der Waals surface area contributed by atoms with E-state index >= 15 is 0 Å². The summed E-state index contributed by atoms with van der Waals surface area (Å²) in [6.07, 6.45) is 0. The zero-order valence-corrected chi connectivity index (χ0v) is 27.1. The minimum absolute atomic E-state index is 0.580. The van der Waals surface area contributed by atoms with Gasteiger partial charge in [0.15, 0.2) is 17.5 Å². The van der Waals surface area contributed by atoms with Crippen LogP contribution in [0.1, 0.15) is 0 Å². The molecule has 0 radical (unpaired) electrons. The van der Waals surface area contributed by atoms with Gasteiger partial charge in [0.25, 0.3) is 0 Å². The Bertz CT molecular complexity index is 3030. The highest BCUT2D eigenvalue weighted by atomic mass is 16.3. The lowest BCUT2D eigenvalue weighted by molar-refractivity contribution is 0.662. The van der Waals surface area contributed by atoms with E-state index in [1.54, 1.807) is 0 Å². The van der Waals surface area contributed by atoms with Crippen molar-refractivity contribution in [3.8, 4) is 39.9 Å². The van der Waals surface area contributed by atoms with E-state index in [2.05, 4.69) is 89.5 Å². The number of para-hydroxylation sites is 2. The molecule has 0 atom stereocenters. The normalized spacial score (nSPS) is 11.9. The molecule has 0 unspecified atom stereocenters. The average molecular weight is 655 g/mol. The molecule has 7 aromatic carbocycles. The zero-order valence-electron chi connectivity index (χ0n) is 27.1. The van der Waals surface area contributed by atoms with Crippen LogP contribution in [0.4, 0.5) is 0 Å². The van der Waals surface area contributed by atoms with Crippen LogP contribution in [-0.4, -0.2) is 19.5 Å². The van der Waals surface area contributed by atoms with Crippen molar-refractivity contribution in [3.05, 3.63) is 158 Å². The summed E-state index contributed by atoms with van der Waals surface area (Å²) >= 11 is 0. The third-order valence-corrected chi connectivity index (χ3v) is 9.85. The van der Waals surface area contributed by atoms with Crippen LogP contribution in [-0.2, 0) is 0 Å². The lowest BCUT2D eigenvalue weighted by atomic mass is 10.1. The second kappa shape index (κ2) is 10.7. The summed E-state index contributed by atoms with van der Waals surface area (Å²) in [5.74, 6) is 1.82. The molecule has 51 heavy (non-hydrogen) atoms. The lowest BCUT2D eigenvalue weighted by Crippen LogP contribution is -2.00. The van der Waals surface area contributed by atoms with Gasteiger partial charge < -0.3 is 13.4 Å². The number of benzene rings is 7. The largest absolute Gasteiger partial charge is 0.456 e. The van der Waals surface area contributed by atoms with Crippen LogP contribution in [0.2, 0.25) is 0 Å². The van der Waals surface area contributed by atoms with E-state index in [9.17, 15) is 0 Å². The van der Waals surface area contributed by atoms with Crippen molar-refractivity contribution in [3.63, 3.8) is 0 Å². The van der Waals surface area contributed by atoms with Crippen LogP contribution in [0, 0.1) is 0 Å². The first-order chi connectivity index (χ1) is 25.3. The minimum Gasteiger partial charge on any atom is -0.456 e. The lowest BCUT2D eigenvalue weighted by Gasteiger charge is -2.08. The van der Waals surface area contributed by atoms with Crippen molar-refractivity contribution in [2.45, 2.75) is 0 Å². The second-order valence-corrected chi connectivity index (χ2v) is 12.8. The summed E-state index contributed by atoms with van der Waals surface area (Å²) in [7, 11) is 0. The standard InChI is InChI=1S/C45H26N4O2/c1-3-11-27(12-4-1)43-46-44(28-13-5-2-6-14-28)48-45(47-43)29-19-21-35-39(25-29)50-38-24-23-34-33-22-20-30(26-40(33)51-42(34)41(35)38)49-36-17-9-7-15-31(36)32-16-8-10-18-37(32)49/h1-26H. The summed E-state index contributed by atoms with van der Waals surface area (Å²) in [6, 6.07) is 53.9. The van der Waals surface area contributed by atoms with Crippen LogP contribution < -0.4 is 0 Å². The van der Waals surface area contributed by atoms with E-state index in [4.69, 9.17) is 23.8 Å². The Kier molecular flexibility index (Phi) is 5.86.